The van der Waals surface area contributed by atoms with Crippen molar-refractivity contribution in [1.82, 2.24) is 10.6 Å². The Hall–Kier alpha value is -1.96. The van der Waals surface area contributed by atoms with Crippen molar-refractivity contribution in [3.8, 4) is 0 Å². The molecule has 8 heteroatoms. The Labute approximate surface area is 155 Å². The number of carbonyl (C=O) groups excluding carboxylic acids is 3. The topological polar surface area (TPSA) is 133 Å². The quantitative estimate of drug-likeness (QED) is 0.468. The standard InChI is InChI=1S/C17H30N2O5.CH4O/c1-10(2)8-11(13(21)17(6,7)15(23)24)19-12(20)9-18-14(22)16(3,4)5;1-2/h10-11H,8-9H2,1-7H3,(H,18,22)(H,19,20)(H,23,24);2H,1H3/t11-;/m0./s1. The van der Waals surface area contributed by atoms with Crippen LogP contribution in [-0.2, 0) is 19.2 Å². The van der Waals surface area contributed by atoms with Crippen LogP contribution in [0.25, 0.3) is 0 Å². The number of hydrogen-bond donors (Lipinski definition) is 4. The third-order valence-corrected chi connectivity index (χ3v) is 3.60. The second-order valence-electron chi connectivity index (χ2n) is 7.98. The summed E-state index contributed by atoms with van der Waals surface area (Å²) in [5.74, 6) is -2.51. The van der Waals surface area contributed by atoms with Gasteiger partial charge in [-0.25, -0.2) is 0 Å². The number of carboxylic acids is 1. The van der Waals surface area contributed by atoms with Crippen LogP contribution in [0.4, 0.5) is 0 Å². The van der Waals surface area contributed by atoms with Gasteiger partial charge < -0.3 is 20.8 Å². The van der Waals surface area contributed by atoms with E-state index in [1.807, 2.05) is 13.8 Å². The minimum Gasteiger partial charge on any atom is -0.481 e. The van der Waals surface area contributed by atoms with E-state index in [0.29, 0.717) is 6.42 Å². The first kappa shape index (κ1) is 26.3. The molecule has 4 N–H and O–H groups in total. The van der Waals surface area contributed by atoms with Crippen LogP contribution in [0.1, 0.15) is 54.9 Å². The monoisotopic (exact) mass is 374 g/mol. The maximum Gasteiger partial charge on any atom is 0.316 e. The summed E-state index contributed by atoms with van der Waals surface area (Å²) >= 11 is 0. The van der Waals surface area contributed by atoms with E-state index in [0.717, 1.165) is 7.11 Å². The summed E-state index contributed by atoms with van der Waals surface area (Å²) in [4.78, 5) is 47.6. The molecule has 0 aliphatic heterocycles. The van der Waals surface area contributed by atoms with E-state index in [4.69, 9.17) is 5.11 Å². The molecule has 0 rings (SSSR count). The van der Waals surface area contributed by atoms with E-state index >= 15 is 0 Å². The molecule has 2 amide bonds. The Bertz CT molecular complexity index is 506. The molecule has 0 bridgehead atoms. The smallest absolute Gasteiger partial charge is 0.316 e. The Balaban J connectivity index is 0. The minimum absolute atomic E-state index is 0.0908. The van der Waals surface area contributed by atoms with Crippen molar-refractivity contribution in [3.05, 3.63) is 0 Å². The highest BCUT2D eigenvalue weighted by atomic mass is 16.4. The summed E-state index contributed by atoms with van der Waals surface area (Å²) in [6.07, 6.45) is 0.328. The largest absolute Gasteiger partial charge is 0.481 e. The molecule has 1 atom stereocenters. The van der Waals surface area contributed by atoms with Crippen molar-refractivity contribution >= 4 is 23.6 Å². The first-order valence-electron chi connectivity index (χ1n) is 8.49. The zero-order chi connectivity index (χ0) is 21.3. The molecule has 8 nitrogen and oxygen atoms in total. The van der Waals surface area contributed by atoms with Crippen LogP contribution in [-0.4, -0.2) is 53.5 Å². The molecule has 0 spiro atoms. The van der Waals surface area contributed by atoms with Gasteiger partial charge in [0, 0.05) is 12.5 Å². The van der Waals surface area contributed by atoms with E-state index in [9.17, 15) is 24.3 Å². The zero-order valence-corrected chi connectivity index (χ0v) is 17.1. The number of rotatable bonds is 8. The van der Waals surface area contributed by atoms with Crippen molar-refractivity contribution in [3.63, 3.8) is 0 Å². The van der Waals surface area contributed by atoms with Gasteiger partial charge in [0.1, 0.15) is 5.41 Å². The summed E-state index contributed by atoms with van der Waals surface area (Å²) in [7, 11) is 1.00. The second-order valence-corrected chi connectivity index (χ2v) is 7.98. The number of Topliss-reactive ketones (excluding diaryl/α,β-unsaturated/α-hetero) is 1. The van der Waals surface area contributed by atoms with Crippen LogP contribution >= 0.6 is 0 Å². The maximum absolute atomic E-state index is 12.5. The number of carboxylic acid groups (broad SMARTS) is 1. The fourth-order valence-corrected chi connectivity index (χ4v) is 1.91. The van der Waals surface area contributed by atoms with E-state index < -0.39 is 34.5 Å². The number of aliphatic hydroxyl groups excluding tert-OH is 1. The average molecular weight is 374 g/mol. The summed E-state index contributed by atoms with van der Waals surface area (Å²) in [6, 6.07) is -0.907. The number of carbonyl (C=O) groups is 4. The highest BCUT2D eigenvalue weighted by Crippen LogP contribution is 2.22. The number of amides is 2. The molecule has 0 aromatic heterocycles. The molecule has 26 heavy (non-hydrogen) atoms. The normalized spacial score (nSPS) is 12.5. The van der Waals surface area contributed by atoms with Crippen molar-refractivity contribution < 1.29 is 29.4 Å². The molecule has 0 saturated carbocycles. The van der Waals surface area contributed by atoms with Gasteiger partial charge in [-0.2, -0.15) is 0 Å². The molecule has 0 saturated heterocycles. The number of hydrogen-bond acceptors (Lipinski definition) is 5. The Morgan fingerprint density at radius 1 is 0.962 bits per heavy atom. The summed E-state index contributed by atoms with van der Waals surface area (Å²) in [5, 5.41) is 21.3. The molecule has 0 fully saturated rings. The zero-order valence-electron chi connectivity index (χ0n) is 17.1. The maximum atomic E-state index is 12.5. The summed E-state index contributed by atoms with van der Waals surface area (Å²) < 4.78 is 0. The van der Waals surface area contributed by atoms with Gasteiger partial charge in [0.25, 0.3) is 0 Å². The molecule has 0 aliphatic carbocycles. The minimum atomic E-state index is -1.60. The van der Waals surface area contributed by atoms with Crippen LogP contribution in [0.2, 0.25) is 0 Å². The Kier molecular flexibility index (Phi) is 11.0. The molecule has 0 aliphatic rings. The van der Waals surface area contributed by atoms with Gasteiger partial charge in [0.2, 0.25) is 11.8 Å². The lowest BCUT2D eigenvalue weighted by Gasteiger charge is -2.27. The van der Waals surface area contributed by atoms with Gasteiger partial charge in [0.15, 0.2) is 5.78 Å². The van der Waals surface area contributed by atoms with Gasteiger partial charge in [0.05, 0.1) is 12.6 Å². The van der Waals surface area contributed by atoms with E-state index in [1.165, 1.54) is 13.8 Å². The first-order valence-corrected chi connectivity index (χ1v) is 8.49. The van der Waals surface area contributed by atoms with Gasteiger partial charge in [-0.15, -0.1) is 0 Å². The first-order chi connectivity index (χ1) is 11.7. The molecule has 0 aromatic carbocycles. The third-order valence-electron chi connectivity index (χ3n) is 3.60. The lowest BCUT2D eigenvalue weighted by Crippen LogP contribution is -2.52. The molecule has 0 radical (unpaired) electrons. The molecule has 0 heterocycles. The second kappa shape index (κ2) is 10.9. The van der Waals surface area contributed by atoms with Crippen LogP contribution in [0.15, 0.2) is 0 Å². The molecule has 152 valence electrons. The Morgan fingerprint density at radius 2 is 1.42 bits per heavy atom. The SMILES string of the molecule is CC(C)C[C@H](NC(=O)CNC(=O)C(C)(C)C)C(=O)C(C)(C)C(=O)O.CO. The van der Waals surface area contributed by atoms with Crippen molar-refractivity contribution in [2.24, 2.45) is 16.7 Å². The molecule has 0 aromatic rings. The van der Waals surface area contributed by atoms with Crippen LogP contribution in [0, 0.1) is 16.7 Å². The predicted molar refractivity (Wildman–Crippen MR) is 98.4 cm³/mol. The number of ketones is 1. The summed E-state index contributed by atoms with van der Waals surface area (Å²) in [6.45, 7) is 11.3. The number of aliphatic hydroxyl groups is 1. The fourth-order valence-electron chi connectivity index (χ4n) is 1.91. The fraction of sp³-hybridized carbons (Fsp3) is 0.778. The summed E-state index contributed by atoms with van der Waals surface area (Å²) in [5.41, 5.74) is -2.22. The van der Waals surface area contributed by atoms with Crippen molar-refractivity contribution in [2.75, 3.05) is 13.7 Å². The molecule has 0 unspecified atom stereocenters. The highest BCUT2D eigenvalue weighted by molar-refractivity contribution is 6.06. The third kappa shape index (κ3) is 8.94. The number of nitrogens with one attached hydrogen (secondary N) is 2. The van der Waals surface area contributed by atoms with Gasteiger partial charge >= 0.3 is 5.97 Å². The van der Waals surface area contributed by atoms with Crippen molar-refractivity contribution in [1.29, 1.82) is 0 Å². The van der Waals surface area contributed by atoms with Gasteiger partial charge in [-0.05, 0) is 26.2 Å². The van der Waals surface area contributed by atoms with Crippen LogP contribution in [0.5, 0.6) is 0 Å². The lowest BCUT2D eigenvalue weighted by molar-refractivity contribution is -0.154. The molecular formula is C18H34N2O6. The van der Waals surface area contributed by atoms with Gasteiger partial charge in [-0.1, -0.05) is 34.6 Å². The van der Waals surface area contributed by atoms with Crippen LogP contribution < -0.4 is 10.6 Å². The average Bonchev–Trinajstić information content (AvgIpc) is 2.51. The van der Waals surface area contributed by atoms with E-state index in [2.05, 4.69) is 10.6 Å². The highest BCUT2D eigenvalue weighted by Gasteiger charge is 2.40. The molecular weight excluding hydrogens is 340 g/mol. The predicted octanol–water partition coefficient (Wildman–Crippen LogP) is 0.968. The lowest BCUT2D eigenvalue weighted by atomic mass is 9.82. The van der Waals surface area contributed by atoms with Crippen LogP contribution in [0.3, 0.4) is 0 Å². The van der Waals surface area contributed by atoms with E-state index in [1.54, 1.807) is 20.8 Å². The number of aliphatic carboxylic acids is 1. The Morgan fingerprint density at radius 3 is 1.77 bits per heavy atom. The van der Waals surface area contributed by atoms with Crippen molar-refractivity contribution in [2.45, 2.75) is 60.9 Å². The van der Waals surface area contributed by atoms with E-state index in [-0.39, 0.29) is 18.4 Å². The van der Waals surface area contributed by atoms with Gasteiger partial charge in [-0.3, -0.25) is 19.2 Å².